The number of hydrogen-bond donors (Lipinski definition) is 2. The van der Waals surface area contributed by atoms with Gasteiger partial charge in [-0.25, -0.2) is 9.50 Å². The Morgan fingerprint density at radius 1 is 1.03 bits per heavy atom. The zero-order valence-electron chi connectivity index (χ0n) is 18.9. The largest absolute Gasteiger partial charge is 0.467 e. The Labute approximate surface area is 206 Å². The number of rotatable bonds is 7. The molecule has 0 saturated carbocycles. The fourth-order valence-corrected chi connectivity index (χ4v) is 3.60. The fourth-order valence-electron chi connectivity index (χ4n) is 3.60. The molecule has 2 N–H and O–H groups in total. The van der Waals surface area contributed by atoms with Crippen LogP contribution in [-0.4, -0.2) is 36.2 Å². The zero-order chi connectivity index (χ0) is 26.0. The number of anilines is 1. The number of carbonyl (C=O) groups is 2. The van der Waals surface area contributed by atoms with Crippen LogP contribution in [0, 0.1) is 0 Å². The van der Waals surface area contributed by atoms with E-state index in [2.05, 4.69) is 25.8 Å². The molecule has 0 radical (unpaired) electrons. The van der Waals surface area contributed by atoms with E-state index in [4.69, 9.17) is 4.42 Å². The van der Waals surface area contributed by atoms with E-state index in [1.165, 1.54) is 23.3 Å². The first kappa shape index (κ1) is 23.8. The van der Waals surface area contributed by atoms with Gasteiger partial charge in [-0.05, 0) is 18.2 Å². The molecular weight excluding hydrogens is 491 g/mol. The van der Waals surface area contributed by atoms with Crippen molar-refractivity contribution in [3.8, 4) is 11.3 Å². The average Bonchev–Trinajstić information content (AvgIpc) is 3.63. The molecular formula is C24H18F3N7O3. The second-order valence-electron chi connectivity index (χ2n) is 7.92. The number of nitrogens with zero attached hydrogens (tertiary/aromatic N) is 5. The highest BCUT2D eigenvalue weighted by Crippen LogP contribution is 2.32. The number of hydrogen-bond acceptors (Lipinski definition) is 6. The highest BCUT2D eigenvalue weighted by molar-refractivity contribution is 6.08. The molecule has 0 aliphatic heterocycles. The lowest BCUT2D eigenvalue weighted by molar-refractivity contribution is -0.142. The number of furan rings is 1. The van der Waals surface area contributed by atoms with Crippen molar-refractivity contribution in [1.82, 2.24) is 29.7 Å². The number of halogens is 3. The van der Waals surface area contributed by atoms with Crippen LogP contribution in [0.2, 0.25) is 0 Å². The fraction of sp³-hybridized carbons (Fsp3) is 0.125. The van der Waals surface area contributed by atoms with Crippen molar-refractivity contribution in [3.63, 3.8) is 0 Å². The van der Waals surface area contributed by atoms with Crippen LogP contribution >= 0.6 is 0 Å². The minimum atomic E-state index is -4.73. The molecule has 4 heterocycles. The van der Waals surface area contributed by atoms with Crippen LogP contribution in [0.4, 0.5) is 18.9 Å². The summed E-state index contributed by atoms with van der Waals surface area (Å²) < 4.78 is 48.4. The van der Waals surface area contributed by atoms with Crippen molar-refractivity contribution >= 4 is 23.1 Å². The standard InChI is InChI=1S/C24H18F3N7O3/c25-24(26,27)20-9-19(15-5-2-1-3-6-15)32-22-18(12-30-34(20)22)23(36)31-16-10-29-33(13-16)14-21(35)28-11-17-7-4-8-37-17/h1-10,12-13H,11,14H2,(H,28,35)(H,31,36). The van der Waals surface area contributed by atoms with Crippen LogP contribution in [-0.2, 0) is 24.1 Å². The molecule has 5 aromatic rings. The van der Waals surface area contributed by atoms with Crippen molar-refractivity contribution in [3.05, 3.63) is 90.4 Å². The lowest BCUT2D eigenvalue weighted by Gasteiger charge is -2.11. The predicted octanol–water partition coefficient (Wildman–Crippen LogP) is 3.77. The molecule has 0 fully saturated rings. The first-order valence-corrected chi connectivity index (χ1v) is 10.9. The maximum atomic E-state index is 13.8. The lowest BCUT2D eigenvalue weighted by atomic mass is 10.1. The molecule has 4 aromatic heterocycles. The topological polar surface area (TPSA) is 119 Å². The van der Waals surface area contributed by atoms with E-state index in [0.29, 0.717) is 15.8 Å². The number of amides is 2. The summed E-state index contributed by atoms with van der Waals surface area (Å²) in [5, 5.41) is 13.0. The summed E-state index contributed by atoms with van der Waals surface area (Å²) in [4.78, 5) is 29.4. The summed E-state index contributed by atoms with van der Waals surface area (Å²) >= 11 is 0. The van der Waals surface area contributed by atoms with Crippen molar-refractivity contribution in [2.75, 3.05) is 5.32 Å². The van der Waals surface area contributed by atoms with Gasteiger partial charge in [-0.1, -0.05) is 30.3 Å². The van der Waals surface area contributed by atoms with E-state index in [1.807, 2.05) is 0 Å². The van der Waals surface area contributed by atoms with E-state index in [0.717, 1.165) is 12.3 Å². The Hall–Kier alpha value is -4.94. The highest BCUT2D eigenvalue weighted by atomic mass is 19.4. The SMILES string of the molecule is O=C(Cn1cc(NC(=O)c2cnn3c(C(F)(F)F)cc(-c4ccccc4)nc23)cn1)NCc1ccco1. The summed E-state index contributed by atoms with van der Waals surface area (Å²) in [6.45, 7) is 0.0908. The Balaban J connectivity index is 1.35. The van der Waals surface area contributed by atoms with Gasteiger partial charge in [0.15, 0.2) is 11.3 Å². The van der Waals surface area contributed by atoms with E-state index in [9.17, 15) is 22.8 Å². The summed E-state index contributed by atoms with van der Waals surface area (Å²) in [5.41, 5.74) is -0.747. The van der Waals surface area contributed by atoms with Crippen molar-refractivity contribution in [2.24, 2.45) is 0 Å². The third kappa shape index (κ3) is 5.19. The molecule has 0 saturated heterocycles. The first-order valence-electron chi connectivity index (χ1n) is 10.9. The molecule has 5 rings (SSSR count). The molecule has 13 heteroatoms. The quantitative estimate of drug-likeness (QED) is 0.345. The Kier molecular flexibility index (Phi) is 6.17. The zero-order valence-corrected chi connectivity index (χ0v) is 18.9. The van der Waals surface area contributed by atoms with Gasteiger partial charge in [0.25, 0.3) is 5.91 Å². The van der Waals surface area contributed by atoms with Gasteiger partial charge in [0.2, 0.25) is 5.91 Å². The summed E-state index contributed by atoms with van der Waals surface area (Å²) in [6.07, 6.45) is 0.514. The van der Waals surface area contributed by atoms with Gasteiger partial charge in [0.1, 0.15) is 17.9 Å². The summed E-state index contributed by atoms with van der Waals surface area (Å²) in [6, 6.07) is 12.6. The molecule has 0 aliphatic carbocycles. The van der Waals surface area contributed by atoms with Gasteiger partial charge in [-0.3, -0.25) is 14.3 Å². The van der Waals surface area contributed by atoms with E-state index < -0.39 is 17.8 Å². The molecule has 0 spiro atoms. The van der Waals surface area contributed by atoms with Gasteiger partial charge in [-0.2, -0.15) is 23.4 Å². The second kappa shape index (κ2) is 9.60. The lowest BCUT2D eigenvalue weighted by Crippen LogP contribution is -2.27. The Bertz CT molecular complexity index is 1560. The van der Waals surface area contributed by atoms with Crippen LogP contribution < -0.4 is 10.6 Å². The third-order valence-corrected chi connectivity index (χ3v) is 5.31. The van der Waals surface area contributed by atoms with Crippen molar-refractivity contribution in [1.29, 1.82) is 0 Å². The molecule has 37 heavy (non-hydrogen) atoms. The first-order chi connectivity index (χ1) is 17.8. The molecule has 0 unspecified atom stereocenters. The maximum absolute atomic E-state index is 13.8. The second-order valence-corrected chi connectivity index (χ2v) is 7.92. The summed E-state index contributed by atoms with van der Waals surface area (Å²) in [5.74, 6) is -0.479. The van der Waals surface area contributed by atoms with Gasteiger partial charge in [-0.15, -0.1) is 0 Å². The molecule has 0 aliphatic rings. The molecule has 0 atom stereocenters. The van der Waals surface area contributed by atoms with Crippen molar-refractivity contribution < 1.29 is 27.2 Å². The smallest absolute Gasteiger partial charge is 0.433 e. The van der Waals surface area contributed by atoms with Crippen LogP contribution in [0.15, 0.2) is 77.8 Å². The molecule has 188 valence electrons. The minimum Gasteiger partial charge on any atom is -0.467 e. The van der Waals surface area contributed by atoms with Crippen LogP contribution in [0.25, 0.3) is 16.9 Å². The van der Waals surface area contributed by atoms with Gasteiger partial charge in [0, 0.05) is 11.8 Å². The molecule has 10 nitrogen and oxygen atoms in total. The van der Waals surface area contributed by atoms with E-state index in [-0.39, 0.29) is 41.6 Å². The minimum absolute atomic E-state index is 0.0448. The highest BCUT2D eigenvalue weighted by Gasteiger charge is 2.36. The van der Waals surface area contributed by atoms with Gasteiger partial charge < -0.3 is 15.1 Å². The number of aromatic nitrogens is 5. The number of nitrogens with one attached hydrogen (secondary N) is 2. The van der Waals surface area contributed by atoms with Gasteiger partial charge in [0.05, 0.1) is 36.6 Å². The summed E-state index contributed by atoms with van der Waals surface area (Å²) in [7, 11) is 0. The number of benzene rings is 1. The normalized spacial score (nSPS) is 11.5. The van der Waals surface area contributed by atoms with Crippen LogP contribution in [0.3, 0.4) is 0 Å². The maximum Gasteiger partial charge on any atom is 0.433 e. The van der Waals surface area contributed by atoms with Gasteiger partial charge >= 0.3 is 6.18 Å². The Morgan fingerprint density at radius 2 is 1.84 bits per heavy atom. The number of carbonyl (C=O) groups excluding carboxylic acids is 2. The van der Waals surface area contributed by atoms with Crippen LogP contribution in [0.1, 0.15) is 21.8 Å². The average molecular weight is 509 g/mol. The number of alkyl halides is 3. The van der Waals surface area contributed by atoms with E-state index in [1.54, 1.807) is 42.5 Å². The monoisotopic (exact) mass is 509 g/mol. The number of fused-ring (bicyclic) bond motifs is 1. The van der Waals surface area contributed by atoms with Crippen LogP contribution in [0.5, 0.6) is 0 Å². The third-order valence-electron chi connectivity index (χ3n) is 5.31. The Morgan fingerprint density at radius 3 is 2.57 bits per heavy atom. The van der Waals surface area contributed by atoms with E-state index >= 15 is 0 Å². The molecule has 2 amide bonds. The van der Waals surface area contributed by atoms with Crippen molar-refractivity contribution in [2.45, 2.75) is 19.3 Å². The molecule has 1 aromatic carbocycles. The predicted molar refractivity (Wildman–Crippen MR) is 124 cm³/mol. The molecule has 0 bridgehead atoms.